The number of rotatable bonds is 9. The third-order valence-electron chi connectivity index (χ3n) is 4.59. The van der Waals surface area contributed by atoms with Crippen molar-refractivity contribution in [2.75, 3.05) is 20.7 Å². The fourth-order valence-electron chi connectivity index (χ4n) is 3.14. The molecule has 0 spiro atoms. The van der Waals surface area contributed by atoms with E-state index in [1.54, 1.807) is 50.6 Å². The Bertz CT molecular complexity index is 784. The summed E-state index contributed by atoms with van der Waals surface area (Å²) in [5.41, 5.74) is 0.888. The SMILES string of the molecule is CCON=CCCCC1=C(OC(=O)c2ccccc2)CC(C(=O)N(C)C)CC1=O. The van der Waals surface area contributed by atoms with E-state index in [-0.39, 0.29) is 24.5 Å². The lowest BCUT2D eigenvalue weighted by Crippen LogP contribution is -2.34. The van der Waals surface area contributed by atoms with Crippen LogP contribution in [0.3, 0.4) is 0 Å². The van der Waals surface area contributed by atoms with E-state index in [1.807, 2.05) is 6.92 Å². The van der Waals surface area contributed by atoms with Crippen LogP contribution in [0.4, 0.5) is 0 Å². The first-order valence-electron chi connectivity index (χ1n) is 9.81. The van der Waals surface area contributed by atoms with Crippen molar-refractivity contribution in [2.45, 2.75) is 39.0 Å². The molecule has 1 aliphatic rings. The van der Waals surface area contributed by atoms with E-state index in [1.165, 1.54) is 4.90 Å². The zero-order valence-corrected chi connectivity index (χ0v) is 17.2. The van der Waals surface area contributed by atoms with Crippen molar-refractivity contribution in [3.05, 3.63) is 47.2 Å². The Balaban J connectivity index is 2.18. The molecule has 0 N–H and O–H groups in total. The zero-order valence-electron chi connectivity index (χ0n) is 17.2. The van der Waals surface area contributed by atoms with Gasteiger partial charge in [-0.15, -0.1) is 0 Å². The van der Waals surface area contributed by atoms with Gasteiger partial charge in [0, 0.05) is 38.7 Å². The average Bonchev–Trinajstić information content (AvgIpc) is 2.71. The van der Waals surface area contributed by atoms with Gasteiger partial charge in [0.15, 0.2) is 5.78 Å². The van der Waals surface area contributed by atoms with Crippen LogP contribution in [0.1, 0.15) is 49.4 Å². The van der Waals surface area contributed by atoms with Gasteiger partial charge in [-0.3, -0.25) is 9.59 Å². The maximum atomic E-state index is 12.7. The Morgan fingerprint density at radius 3 is 2.59 bits per heavy atom. The Morgan fingerprint density at radius 1 is 1.21 bits per heavy atom. The van der Waals surface area contributed by atoms with Crippen molar-refractivity contribution in [3.63, 3.8) is 0 Å². The molecule has 0 aromatic heterocycles. The van der Waals surface area contributed by atoms with Crippen LogP contribution in [0.2, 0.25) is 0 Å². The van der Waals surface area contributed by atoms with Gasteiger partial charge < -0.3 is 14.5 Å². The zero-order chi connectivity index (χ0) is 21.2. The summed E-state index contributed by atoms with van der Waals surface area (Å²) in [4.78, 5) is 44.0. The lowest BCUT2D eigenvalue weighted by Gasteiger charge is -2.27. The summed E-state index contributed by atoms with van der Waals surface area (Å²) in [6.07, 6.45) is 3.78. The molecule has 0 fully saturated rings. The minimum Gasteiger partial charge on any atom is -0.427 e. The molecule has 7 heteroatoms. The van der Waals surface area contributed by atoms with Crippen LogP contribution in [0, 0.1) is 5.92 Å². The van der Waals surface area contributed by atoms with Gasteiger partial charge in [-0.05, 0) is 38.3 Å². The molecule has 7 nitrogen and oxygen atoms in total. The van der Waals surface area contributed by atoms with Gasteiger partial charge in [0.05, 0.1) is 11.5 Å². The van der Waals surface area contributed by atoms with Crippen molar-refractivity contribution in [1.82, 2.24) is 4.90 Å². The van der Waals surface area contributed by atoms with Gasteiger partial charge in [0.2, 0.25) is 5.91 Å². The van der Waals surface area contributed by atoms with Crippen molar-refractivity contribution < 1.29 is 24.0 Å². The number of allylic oxidation sites excluding steroid dienone is 2. The predicted molar refractivity (Wildman–Crippen MR) is 109 cm³/mol. The third kappa shape index (κ3) is 6.55. The highest BCUT2D eigenvalue weighted by molar-refractivity contribution is 6.00. The largest absolute Gasteiger partial charge is 0.427 e. The summed E-state index contributed by atoms with van der Waals surface area (Å²) in [6.45, 7) is 2.35. The molecule has 1 atom stereocenters. The van der Waals surface area contributed by atoms with Crippen molar-refractivity contribution in [1.29, 1.82) is 0 Å². The molecule has 0 radical (unpaired) electrons. The third-order valence-corrected chi connectivity index (χ3v) is 4.59. The molecular formula is C22H28N2O5. The number of hydrogen-bond acceptors (Lipinski definition) is 6. The minimum absolute atomic E-state index is 0.131. The average molecular weight is 400 g/mol. The number of esters is 1. The van der Waals surface area contributed by atoms with Gasteiger partial charge >= 0.3 is 5.97 Å². The van der Waals surface area contributed by atoms with Gasteiger partial charge in [0.25, 0.3) is 0 Å². The van der Waals surface area contributed by atoms with Crippen molar-refractivity contribution >= 4 is 23.9 Å². The summed E-state index contributed by atoms with van der Waals surface area (Å²) < 4.78 is 5.61. The number of carbonyl (C=O) groups excluding carboxylic acids is 3. The van der Waals surface area contributed by atoms with E-state index in [0.29, 0.717) is 42.8 Å². The molecule has 2 rings (SSSR count). The highest BCUT2D eigenvalue weighted by Crippen LogP contribution is 2.32. The highest BCUT2D eigenvalue weighted by Gasteiger charge is 2.34. The molecule has 1 amide bonds. The van der Waals surface area contributed by atoms with Crippen LogP contribution in [-0.4, -0.2) is 49.5 Å². The van der Waals surface area contributed by atoms with Gasteiger partial charge in [-0.2, -0.15) is 0 Å². The fraction of sp³-hybridized carbons (Fsp3) is 0.455. The summed E-state index contributed by atoms with van der Waals surface area (Å²) in [5, 5.41) is 3.79. The molecule has 1 aromatic carbocycles. The number of oxime groups is 1. The van der Waals surface area contributed by atoms with Crippen molar-refractivity contribution in [3.8, 4) is 0 Å². The van der Waals surface area contributed by atoms with Gasteiger partial charge in [-0.25, -0.2) is 4.79 Å². The monoisotopic (exact) mass is 400 g/mol. The number of unbranched alkanes of at least 4 members (excludes halogenated alkanes) is 1. The Kier molecular flexibility index (Phi) is 8.58. The van der Waals surface area contributed by atoms with E-state index in [9.17, 15) is 14.4 Å². The van der Waals surface area contributed by atoms with Crippen LogP contribution in [0.25, 0.3) is 0 Å². The summed E-state index contributed by atoms with van der Waals surface area (Å²) in [5.74, 6) is -1.03. The lowest BCUT2D eigenvalue weighted by atomic mass is 9.84. The van der Waals surface area contributed by atoms with Gasteiger partial charge in [-0.1, -0.05) is 23.4 Å². The maximum Gasteiger partial charge on any atom is 0.343 e. The number of Topliss-reactive ketones (excluding diaryl/α,β-unsaturated/α-hetero) is 1. The van der Waals surface area contributed by atoms with E-state index in [0.717, 1.165) is 0 Å². The molecule has 0 heterocycles. The number of carbonyl (C=O) groups is 3. The van der Waals surface area contributed by atoms with Crippen LogP contribution in [0.5, 0.6) is 0 Å². The first kappa shape index (κ1) is 22.3. The first-order chi connectivity index (χ1) is 13.9. The molecule has 1 aromatic rings. The number of ketones is 1. The maximum absolute atomic E-state index is 12.7. The predicted octanol–water partition coefficient (Wildman–Crippen LogP) is 3.36. The van der Waals surface area contributed by atoms with Crippen LogP contribution in [-0.2, 0) is 19.2 Å². The van der Waals surface area contributed by atoms with Gasteiger partial charge in [0.1, 0.15) is 12.4 Å². The number of ether oxygens (including phenoxy) is 1. The normalized spacial score (nSPS) is 16.8. The Hall–Kier alpha value is -2.96. The van der Waals surface area contributed by atoms with E-state index in [4.69, 9.17) is 9.57 Å². The number of benzene rings is 1. The second-order valence-corrected chi connectivity index (χ2v) is 7.02. The van der Waals surface area contributed by atoms with Crippen LogP contribution < -0.4 is 0 Å². The number of nitrogens with zero attached hydrogens (tertiary/aromatic N) is 2. The molecule has 1 aliphatic carbocycles. The molecule has 0 aliphatic heterocycles. The minimum atomic E-state index is -0.526. The molecule has 29 heavy (non-hydrogen) atoms. The molecule has 1 unspecified atom stereocenters. The summed E-state index contributed by atoms with van der Waals surface area (Å²) >= 11 is 0. The Labute approximate surface area is 171 Å². The number of hydrogen-bond donors (Lipinski definition) is 0. The molecular weight excluding hydrogens is 372 g/mol. The fourth-order valence-corrected chi connectivity index (χ4v) is 3.14. The summed E-state index contributed by atoms with van der Waals surface area (Å²) in [6, 6.07) is 8.60. The topological polar surface area (TPSA) is 85.3 Å². The van der Waals surface area contributed by atoms with E-state index in [2.05, 4.69) is 5.16 Å². The standard InChI is InChI=1S/C22H28N2O5/c1-4-28-23-13-9-8-12-18-19(25)14-17(21(26)24(2)3)15-20(18)29-22(27)16-10-6-5-7-11-16/h5-7,10-11,13,17H,4,8-9,12,14-15H2,1-3H3. The number of amides is 1. The van der Waals surface area contributed by atoms with Crippen molar-refractivity contribution in [2.24, 2.45) is 11.1 Å². The summed E-state index contributed by atoms with van der Waals surface area (Å²) in [7, 11) is 3.30. The quantitative estimate of drug-likeness (QED) is 0.275. The van der Waals surface area contributed by atoms with Crippen LogP contribution in [0.15, 0.2) is 46.8 Å². The first-order valence-corrected chi connectivity index (χ1v) is 9.81. The van der Waals surface area contributed by atoms with E-state index < -0.39 is 11.9 Å². The van der Waals surface area contributed by atoms with E-state index >= 15 is 0 Å². The van der Waals surface area contributed by atoms with Crippen LogP contribution >= 0.6 is 0 Å². The molecule has 0 saturated carbocycles. The molecule has 156 valence electrons. The smallest absolute Gasteiger partial charge is 0.343 e. The second-order valence-electron chi connectivity index (χ2n) is 7.02. The molecule has 0 saturated heterocycles. The molecule has 0 bridgehead atoms. The highest BCUT2D eigenvalue weighted by atomic mass is 16.6. The Morgan fingerprint density at radius 2 is 1.93 bits per heavy atom. The second kappa shape index (κ2) is 11.1. The lowest BCUT2D eigenvalue weighted by molar-refractivity contribution is -0.136.